The van der Waals surface area contributed by atoms with Crippen molar-refractivity contribution in [3.8, 4) is 0 Å². The Kier molecular flexibility index (Phi) is 22.1. The minimum atomic E-state index is -3.67. The number of rotatable bonds is 7. The summed E-state index contributed by atoms with van der Waals surface area (Å²) in [5.74, 6) is 0. The summed E-state index contributed by atoms with van der Waals surface area (Å²) in [6, 6.07) is 0. The summed E-state index contributed by atoms with van der Waals surface area (Å²) in [5, 5.41) is 0. The summed E-state index contributed by atoms with van der Waals surface area (Å²) in [4.78, 5) is 0. The largest absolute Gasteiger partial charge is 1.00 e. The molecule has 47 heavy (non-hydrogen) atoms. The third kappa shape index (κ3) is 13.9. The second kappa shape index (κ2) is 24.1. The van der Waals surface area contributed by atoms with E-state index in [0.29, 0.717) is 7.92 Å². The Labute approximate surface area is 302 Å². The van der Waals surface area contributed by atoms with E-state index < -0.39 is 28.3 Å². The zero-order valence-corrected chi connectivity index (χ0v) is 34.4. The molecule has 0 aromatic rings. The van der Waals surface area contributed by atoms with Crippen LogP contribution in [0.4, 0.5) is 12.9 Å². The SMILES string of the molecule is C1CCC(P(C2CCCCC2)C2CCCCC2)CC1.FB(F)F.[Cl][Ru]([Cl])=[CH][P+](C1CCCCC1)(C1CCCCC1)C1CCCCC1.[F-]. The van der Waals surface area contributed by atoms with E-state index in [9.17, 15) is 12.9 Å². The minimum absolute atomic E-state index is 0. The molecule has 0 atom stereocenters. The van der Waals surface area contributed by atoms with Crippen molar-refractivity contribution >= 4 is 46.5 Å². The van der Waals surface area contributed by atoms with Crippen molar-refractivity contribution in [1.82, 2.24) is 0 Å². The van der Waals surface area contributed by atoms with Crippen molar-refractivity contribution in [3.05, 3.63) is 0 Å². The Bertz CT molecular complexity index is 743. The zero-order valence-electron chi connectivity index (χ0n) is 29.3. The summed E-state index contributed by atoms with van der Waals surface area (Å²) >= 11 is -1.68. The van der Waals surface area contributed by atoms with E-state index in [1.165, 1.54) is 133 Å². The molecule has 0 N–H and O–H groups in total. The van der Waals surface area contributed by atoms with Crippen LogP contribution in [0.5, 0.6) is 0 Å². The Balaban J connectivity index is 0.000000228. The molecule has 6 saturated carbocycles. The molecule has 0 nitrogen and oxygen atoms in total. The maximum absolute atomic E-state index is 9.67. The standard InChI is InChI=1S/C19H34P.C18H33P.BF3.2ClH.FH.Ru/c1-20(17-11-5-2-6-12-17,18-13-7-3-8-14-18)19-15-9-4-10-16-19;1-4-10-16(11-5-1)19(17-12-6-2-7-13-17)18-14-8-3-9-15-18;2-1(3)4;;;;/h1,17-19H,2-16H2;16-18H,1-15H2;;3*1H;/q+1;;;;;;+2/p-3. The third-order valence-electron chi connectivity index (χ3n) is 12.8. The molecule has 6 aliphatic rings. The molecule has 0 spiro atoms. The van der Waals surface area contributed by atoms with Crippen molar-refractivity contribution in [3.63, 3.8) is 0 Å². The average molecular weight is 833 g/mol. The Morgan fingerprint density at radius 3 is 0.872 bits per heavy atom. The summed E-state index contributed by atoms with van der Waals surface area (Å²) < 4.78 is 31.7. The first-order valence-electron chi connectivity index (χ1n) is 19.8. The molecule has 0 radical (unpaired) electrons. The van der Waals surface area contributed by atoms with Crippen molar-refractivity contribution < 1.29 is 31.2 Å². The van der Waals surface area contributed by atoms with Gasteiger partial charge in [-0.3, -0.25) is 12.9 Å². The van der Waals surface area contributed by atoms with Gasteiger partial charge in [-0.25, -0.2) is 0 Å². The predicted octanol–water partition coefficient (Wildman–Crippen LogP) is 12.0. The Morgan fingerprint density at radius 2 is 0.660 bits per heavy atom. The van der Waals surface area contributed by atoms with Gasteiger partial charge in [0, 0.05) is 0 Å². The van der Waals surface area contributed by atoms with Gasteiger partial charge in [0.05, 0.1) is 0 Å². The summed E-state index contributed by atoms with van der Waals surface area (Å²) in [5.41, 5.74) is 6.56. The first-order chi connectivity index (χ1) is 22.4. The molecule has 0 bridgehead atoms. The van der Waals surface area contributed by atoms with E-state index in [4.69, 9.17) is 19.4 Å². The quantitative estimate of drug-likeness (QED) is 0.136. The first-order valence-corrected chi connectivity index (χ1v) is 28.9. The molecule has 6 rings (SSSR count). The van der Waals surface area contributed by atoms with E-state index in [1.807, 2.05) is 0 Å². The fourth-order valence-corrected chi connectivity index (χ4v) is 31.1. The Morgan fingerprint density at radius 1 is 0.447 bits per heavy atom. The molecular formula is C37H67BCl2F4P2Ru. The van der Waals surface area contributed by atoms with Crippen LogP contribution in [0.3, 0.4) is 0 Å². The van der Waals surface area contributed by atoms with Crippen LogP contribution in [0.1, 0.15) is 193 Å². The van der Waals surface area contributed by atoms with E-state index >= 15 is 0 Å². The Hall–Kier alpha value is 1.72. The van der Waals surface area contributed by atoms with Crippen LogP contribution in [0, 0.1) is 0 Å². The van der Waals surface area contributed by atoms with Gasteiger partial charge in [0.15, 0.2) is 0 Å². The van der Waals surface area contributed by atoms with Crippen LogP contribution in [0.2, 0.25) is 0 Å². The molecule has 6 aliphatic carbocycles. The average Bonchev–Trinajstić information content (AvgIpc) is 3.10. The molecule has 0 aromatic heterocycles. The molecule has 0 aliphatic heterocycles. The molecular weight excluding hydrogens is 765 g/mol. The van der Waals surface area contributed by atoms with Gasteiger partial charge >= 0.3 is 165 Å². The van der Waals surface area contributed by atoms with Crippen LogP contribution in [0.25, 0.3) is 0 Å². The van der Waals surface area contributed by atoms with Gasteiger partial charge in [0.1, 0.15) is 0 Å². The van der Waals surface area contributed by atoms with Gasteiger partial charge in [-0.1, -0.05) is 65.7 Å². The van der Waals surface area contributed by atoms with Crippen LogP contribution in [-0.4, -0.2) is 45.8 Å². The second-order valence-electron chi connectivity index (χ2n) is 15.6. The fraction of sp³-hybridized carbons (Fsp3) is 0.973. The van der Waals surface area contributed by atoms with Gasteiger partial charge in [-0.05, 0) is 55.5 Å². The van der Waals surface area contributed by atoms with Gasteiger partial charge in [-0.15, -0.1) is 0 Å². The van der Waals surface area contributed by atoms with Crippen LogP contribution >= 0.6 is 34.6 Å². The summed E-state index contributed by atoms with van der Waals surface area (Å²) in [7, 11) is 8.82. The van der Waals surface area contributed by atoms with Gasteiger partial charge in [0.25, 0.3) is 0 Å². The summed E-state index contributed by atoms with van der Waals surface area (Å²) in [6.45, 7) is 0. The molecule has 0 heterocycles. The van der Waals surface area contributed by atoms with E-state index in [0.717, 1.165) is 17.0 Å². The summed E-state index contributed by atoms with van der Waals surface area (Å²) in [6.07, 6.45) is 45.8. The second-order valence-corrected chi connectivity index (χ2v) is 29.5. The maximum Gasteiger partial charge on any atom is -1.00 e. The molecule has 6 fully saturated rings. The molecule has 278 valence electrons. The van der Waals surface area contributed by atoms with E-state index in [-0.39, 0.29) is 4.70 Å². The van der Waals surface area contributed by atoms with E-state index in [1.54, 1.807) is 77.0 Å². The normalized spacial score (nSPS) is 25.4. The van der Waals surface area contributed by atoms with Gasteiger partial charge < -0.3 is 4.70 Å². The molecule has 0 amide bonds. The number of hydrogen-bond acceptors (Lipinski definition) is 0. The number of hydrogen-bond donors (Lipinski definition) is 0. The first kappa shape index (κ1) is 43.1. The zero-order chi connectivity index (χ0) is 32.6. The maximum atomic E-state index is 9.67. The minimum Gasteiger partial charge on any atom is -1.00 e. The van der Waals surface area contributed by atoms with Crippen LogP contribution in [0.15, 0.2) is 0 Å². The molecule has 10 heteroatoms. The van der Waals surface area contributed by atoms with Gasteiger partial charge in [-0.2, -0.15) is 0 Å². The molecule has 0 aromatic carbocycles. The van der Waals surface area contributed by atoms with Crippen molar-refractivity contribution in [2.45, 2.75) is 227 Å². The molecule has 0 saturated heterocycles. The predicted molar refractivity (Wildman–Crippen MR) is 202 cm³/mol. The molecule has 0 unspecified atom stereocenters. The van der Waals surface area contributed by atoms with Gasteiger partial charge in [0.2, 0.25) is 0 Å². The number of halogens is 6. The van der Waals surface area contributed by atoms with Crippen LogP contribution < -0.4 is 4.70 Å². The van der Waals surface area contributed by atoms with Crippen molar-refractivity contribution in [1.29, 1.82) is 0 Å². The monoisotopic (exact) mass is 832 g/mol. The smallest absolute Gasteiger partial charge is 1.00 e. The fourth-order valence-electron chi connectivity index (χ4n) is 10.9. The van der Waals surface area contributed by atoms with Crippen LogP contribution in [-0.2, 0) is 13.5 Å². The topological polar surface area (TPSA) is 0 Å². The third-order valence-corrected chi connectivity index (χ3v) is 28.5. The van der Waals surface area contributed by atoms with Crippen molar-refractivity contribution in [2.75, 3.05) is 0 Å². The van der Waals surface area contributed by atoms with E-state index in [2.05, 4.69) is 4.35 Å². The van der Waals surface area contributed by atoms with Crippen molar-refractivity contribution in [2.24, 2.45) is 0 Å².